The number of hydrogen-bond donors (Lipinski definition) is 0. The lowest BCUT2D eigenvalue weighted by Crippen LogP contribution is -2.02. The molecule has 0 saturated heterocycles. The van der Waals surface area contributed by atoms with Crippen molar-refractivity contribution in [3.63, 3.8) is 0 Å². The van der Waals surface area contributed by atoms with Crippen molar-refractivity contribution in [3.05, 3.63) is 26.9 Å². The largest absolute Gasteiger partial charge is 0.473 e. The van der Waals surface area contributed by atoms with E-state index in [1.165, 1.54) is 12.3 Å². The maximum Gasteiger partial charge on any atom is 0.332 e. The molecule has 0 atom stereocenters. The van der Waals surface area contributed by atoms with E-state index in [9.17, 15) is 10.1 Å². The molecule has 88 valence electrons. The first-order valence-electron chi connectivity index (χ1n) is 5.08. The van der Waals surface area contributed by atoms with Gasteiger partial charge in [0.05, 0.1) is 11.5 Å². The highest BCUT2D eigenvalue weighted by atomic mass is 79.9. The Hall–Kier alpha value is -1.17. The van der Waals surface area contributed by atoms with Gasteiger partial charge >= 0.3 is 5.69 Å². The molecular formula is C10H13BrN2O3. The Balaban J connectivity index is 2.67. The van der Waals surface area contributed by atoms with Crippen molar-refractivity contribution >= 4 is 21.6 Å². The van der Waals surface area contributed by atoms with E-state index in [1.807, 2.05) is 0 Å². The molecule has 0 bridgehead atoms. The molecular weight excluding hydrogens is 276 g/mol. The minimum absolute atomic E-state index is 0.0873. The van der Waals surface area contributed by atoms with Crippen LogP contribution in [0.3, 0.4) is 0 Å². The van der Waals surface area contributed by atoms with Gasteiger partial charge in [0.25, 0.3) is 5.88 Å². The molecule has 1 heterocycles. The number of aromatic nitrogens is 1. The molecule has 0 radical (unpaired) electrons. The van der Waals surface area contributed by atoms with Crippen LogP contribution in [-0.2, 0) is 0 Å². The highest BCUT2D eigenvalue weighted by Gasteiger charge is 2.16. The van der Waals surface area contributed by atoms with Gasteiger partial charge in [-0.2, -0.15) is 0 Å². The van der Waals surface area contributed by atoms with Crippen LogP contribution in [0.1, 0.15) is 26.2 Å². The summed E-state index contributed by atoms with van der Waals surface area (Å²) in [6, 6.07) is 1.39. The van der Waals surface area contributed by atoms with Crippen LogP contribution in [0.15, 0.2) is 16.7 Å². The molecule has 0 spiro atoms. The smallest absolute Gasteiger partial charge is 0.332 e. The van der Waals surface area contributed by atoms with Gasteiger partial charge < -0.3 is 4.74 Å². The van der Waals surface area contributed by atoms with E-state index in [2.05, 4.69) is 27.8 Å². The molecule has 0 aliphatic carbocycles. The summed E-state index contributed by atoms with van der Waals surface area (Å²) in [5.74, 6) is 0.0873. The van der Waals surface area contributed by atoms with Crippen LogP contribution in [0.5, 0.6) is 5.88 Å². The van der Waals surface area contributed by atoms with Crippen molar-refractivity contribution in [1.82, 2.24) is 4.98 Å². The maximum absolute atomic E-state index is 10.7. The van der Waals surface area contributed by atoms with E-state index in [0.717, 1.165) is 19.3 Å². The van der Waals surface area contributed by atoms with Crippen molar-refractivity contribution < 1.29 is 9.66 Å². The highest BCUT2D eigenvalue weighted by molar-refractivity contribution is 9.10. The number of unbranched alkanes of at least 4 members (excludes halogenated alkanes) is 2. The van der Waals surface area contributed by atoms with Gasteiger partial charge in [-0.15, -0.1) is 0 Å². The van der Waals surface area contributed by atoms with Crippen LogP contribution in [0.25, 0.3) is 0 Å². The molecule has 0 fully saturated rings. The molecule has 1 rings (SSSR count). The first kappa shape index (κ1) is 12.9. The summed E-state index contributed by atoms with van der Waals surface area (Å²) in [5.41, 5.74) is -0.106. The van der Waals surface area contributed by atoms with E-state index in [1.54, 1.807) is 0 Å². The third-order valence-electron chi connectivity index (χ3n) is 1.98. The fourth-order valence-electron chi connectivity index (χ4n) is 1.18. The van der Waals surface area contributed by atoms with Gasteiger partial charge in [-0.1, -0.05) is 19.8 Å². The zero-order chi connectivity index (χ0) is 12.0. The quantitative estimate of drug-likeness (QED) is 0.458. The van der Waals surface area contributed by atoms with Gasteiger partial charge in [0.15, 0.2) is 0 Å². The van der Waals surface area contributed by atoms with Crippen molar-refractivity contribution in [3.8, 4) is 5.88 Å². The molecule has 0 N–H and O–H groups in total. The lowest BCUT2D eigenvalue weighted by Gasteiger charge is -2.05. The Kier molecular flexibility index (Phi) is 5.18. The number of pyridine rings is 1. The van der Waals surface area contributed by atoms with Gasteiger partial charge in [-0.05, 0) is 22.4 Å². The minimum Gasteiger partial charge on any atom is -0.473 e. The third kappa shape index (κ3) is 3.77. The SMILES string of the molecule is CCCCCOc1ncc(Br)cc1[N+](=O)[O-]. The predicted octanol–water partition coefficient (Wildman–Crippen LogP) is 3.32. The van der Waals surface area contributed by atoms with Gasteiger partial charge in [-0.25, -0.2) is 4.98 Å². The van der Waals surface area contributed by atoms with Crippen LogP contribution in [-0.4, -0.2) is 16.5 Å². The van der Waals surface area contributed by atoms with Crippen LogP contribution in [0.4, 0.5) is 5.69 Å². The molecule has 1 aromatic rings. The fraction of sp³-hybridized carbons (Fsp3) is 0.500. The standard InChI is InChI=1S/C10H13BrN2O3/c1-2-3-4-5-16-10-9(13(14)15)6-8(11)7-12-10/h6-7H,2-5H2,1H3. The molecule has 16 heavy (non-hydrogen) atoms. The van der Waals surface area contributed by atoms with Crippen molar-refractivity contribution in [2.24, 2.45) is 0 Å². The molecule has 5 nitrogen and oxygen atoms in total. The van der Waals surface area contributed by atoms with Gasteiger partial charge in [0, 0.05) is 16.7 Å². The monoisotopic (exact) mass is 288 g/mol. The second-order valence-electron chi connectivity index (χ2n) is 3.29. The Morgan fingerprint density at radius 3 is 2.94 bits per heavy atom. The Bertz CT molecular complexity index is 371. The molecule has 0 aliphatic rings. The van der Waals surface area contributed by atoms with Crippen LogP contribution < -0.4 is 4.74 Å². The van der Waals surface area contributed by atoms with Gasteiger partial charge in [0.1, 0.15) is 0 Å². The number of rotatable bonds is 6. The Morgan fingerprint density at radius 1 is 1.56 bits per heavy atom. The molecule has 0 aromatic carbocycles. The van der Waals surface area contributed by atoms with Crippen molar-refractivity contribution in [1.29, 1.82) is 0 Å². The van der Waals surface area contributed by atoms with Crippen LogP contribution in [0, 0.1) is 10.1 Å². The van der Waals surface area contributed by atoms with E-state index in [-0.39, 0.29) is 11.6 Å². The summed E-state index contributed by atoms with van der Waals surface area (Å²) >= 11 is 3.14. The Labute approximate surface area is 102 Å². The first-order chi connectivity index (χ1) is 7.65. The average Bonchev–Trinajstić information content (AvgIpc) is 2.26. The molecule has 0 saturated carbocycles. The zero-order valence-corrected chi connectivity index (χ0v) is 10.6. The number of nitro groups is 1. The topological polar surface area (TPSA) is 65.3 Å². The number of hydrogen-bond acceptors (Lipinski definition) is 4. The van der Waals surface area contributed by atoms with E-state index in [4.69, 9.17) is 4.74 Å². The van der Waals surface area contributed by atoms with Gasteiger partial charge in [0.2, 0.25) is 0 Å². The molecule has 0 amide bonds. The second kappa shape index (κ2) is 6.42. The zero-order valence-electron chi connectivity index (χ0n) is 8.98. The summed E-state index contributed by atoms with van der Waals surface area (Å²) in [6.07, 6.45) is 4.50. The summed E-state index contributed by atoms with van der Waals surface area (Å²) in [6.45, 7) is 2.55. The molecule has 0 aliphatic heterocycles. The number of ether oxygens (including phenoxy) is 1. The predicted molar refractivity (Wildman–Crippen MR) is 63.6 cm³/mol. The second-order valence-corrected chi connectivity index (χ2v) is 4.21. The lowest BCUT2D eigenvalue weighted by atomic mass is 10.3. The average molecular weight is 289 g/mol. The van der Waals surface area contributed by atoms with E-state index in [0.29, 0.717) is 11.1 Å². The summed E-state index contributed by atoms with van der Waals surface area (Å²) in [4.78, 5) is 14.1. The van der Waals surface area contributed by atoms with Crippen LogP contribution >= 0.6 is 15.9 Å². The highest BCUT2D eigenvalue weighted by Crippen LogP contribution is 2.27. The van der Waals surface area contributed by atoms with Gasteiger partial charge in [-0.3, -0.25) is 10.1 Å². The normalized spacial score (nSPS) is 10.1. The molecule has 1 aromatic heterocycles. The Morgan fingerprint density at radius 2 is 2.31 bits per heavy atom. The summed E-state index contributed by atoms with van der Waals surface area (Å²) in [5, 5.41) is 10.7. The van der Waals surface area contributed by atoms with E-state index >= 15 is 0 Å². The summed E-state index contributed by atoms with van der Waals surface area (Å²) < 4.78 is 5.85. The molecule has 0 unspecified atom stereocenters. The lowest BCUT2D eigenvalue weighted by molar-refractivity contribution is -0.386. The number of halogens is 1. The minimum atomic E-state index is -0.493. The van der Waals surface area contributed by atoms with Crippen molar-refractivity contribution in [2.45, 2.75) is 26.2 Å². The summed E-state index contributed by atoms with van der Waals surface area (Å²) in [7, 11) is 0. The van der Waals surface area contributed by atoms with Crippen molar-refractivity contribution in [2.75, 3.05) is 6.61 Å². The number of nitrogens with zero attached hydrogens (tertiary/aromatic N) is 2. The fourth-order valence-corrected chi connectivity index (χ4v) is 1.50. The van der Waals surface area contributed by atoms with Crippen LogP contribution in [0.2, 0.25) is 0 Å². The maximum atomic E-state index is 10.7. The van der Waals surface area contributed by atoms with E-state index < -0.39 is 4.92 Å². The molecule has 6 heteroatoms. The first-order valence-corrected chi connectivity index (χ1v) is 5.87. The third-order valence-corrected chi connectivity index (χ3v) is 2.42.